The van der Waals surface area contributed by atoms with Crippen LogP contribution in [-0.2, 0) is 22.4 Å². The molecule has 0 aliphatic heterocycles. The molecular weight excluding hydrogens is 529 g/mol. The summed E-state index contributed by atoms with van der Waals surface area (Å²) < 4.78 is 44.3. The summed E-state index contributed by atoms with van der Waals surface area (Å²) in [6.45, 7) is 7.97. The third kappa shape index (κ3) is 10.1. The number of amides is 1. The first kappa shape index (κ1) is 31.9. The zero-order chi connectivity index (χ0) is 29.4. The molecule has 7 N–H and O–H groups in total. The van der Waals surface area contributed by atoms with Crippen molar-refractivity contribution in [3.05, 3.63) is 107 Å². The molecular formula is C29H36ClF3N4O2. The second-order valence-electron chi connectivity index (χ2n) is 9.82. The van der Waals surface area contributed by atoms with E-state index in [1.807, 2.05) is 49.4 Å². The number of halogens is 4. The van der Waals surface area contributed by atoms with Gasteiger partial charge in [0.2, 0.25) is 0 Å². The Balaban J connectivity index is 2.22. The van der Waals surface area contributed by atoms with Crippen molar-refractivity contribution < 1.29 is 22.7 Å². The van der Waals surface area contributed by atoms with E-state index >= 15 is 0 Å². The second-order valence-corrected chi connectivity index (χ2v) is 10.3. The maximum absolute atomic E-state index is 13.2. The van der Waals surface area contributed by atoms with Gasteiger partial charge in [0.1, 0.15) is 0 Å². The zero-order valence-corrected chi connectivity index (χ0v) is 23.0. The van der Waals surface area contributed by atoms with Gasteiger partial charge >= 0.3 is 6.18 Å². The molecule has 2 unspecified atom stereocenters. The summed E-state index contributed by atoms with van der Waals surface area (Å²) in [6.07, 6.45) is -1.54. The molecule has 0 radical (unpaired) electrons. The maximum Gasteiger partial charge on any atom is 0.416 e. The van der Waals surface area contributed by atoms with E-state index in [4.69, 9.17) is 33.5 Å². The fraction of sp³-hybridized carbons (Fsp3) is 0.345. The highest BCUT2D eigenvalue weighted by molar-refractivity contribution is 6.30. The summed E-state index contributed by atoms with van der Waals surface area (Å²) in [4.78, 5) is 13.2. The van der Waals surface area contributed by atoms with Crippen molar-refractivity contribution in [2.75, 3.05) is 0 Å². The first-order valence-corrected chi connectivity index (χ1v) is 12.7. The number of benzene rings is 2. The van der Waals surface area contributed by atoms with Crippen molar-refractivity contribution in [2.45, 2.75) is 63.5 Å². The molecule has 6 nitrogen and oxygen atoms in total. The summed E-state index contributed by atoms with van der Waals surface area (Å²) in [5.41, 5.74) is 17.7. The van der Waals surface area contributed by atoms with Gasteiger partial charge in [-0.15, -0.1) is 0 Å². The number of nitrogens with one attached hydrogen (secondary N) is 1. The smallest absolute Gasteiger partial charge is 0.416 e. The van der Waals surface area contributed by atoms with E-state index in [1.165, 1.54) is 13.8 Å². The van der Waals surface area contributed by atoms with Crippen LogP contribution in [0.4, 0.5) is 13.2 Å². The van der Waals surface area contributed by atoms with E-state index in [-0.39, 0.29) is 17.8 Å². The van der Waals surface area contributed by atoms with Gasteiger partial charge in [0, 0.05) is 23.4 Å². The number of rotatable bonds is 12. The Bertz CT molecular complexity index is 1190. The van der Waals surface area contributed by atoms with Crippen LogP contribution in [0.3, 0.4) is 0 Å². The van der Waals surface area contributed by atoms with Gasteiger partial charge in [-0.05, 0) is 68.2 Å². The molecule has 0 saturated heterocycles. The Morgan fingerprint density at radius 2 is 1.67 bits per heavy atom. The number of allylic oxidation sites excluding steroid dienone is 4. The lowest BCUT2D eigenvalue weighted by Gasteiger charge is -2.31. The number of carbonyl (C=O) groups excluding carboxylic acids is 1. The molecule has 0 spiro atoms. The summed E-state index contributed by atoms with van der Waals surface area (Å²) in [5.74, 6) is -1.01. The molecule has 0 heterocycles. The van der Waals surface area contributed by atoms with Gasteiger partial charge in [0.25, 0.3) is 5.91 Å². The minimum atomic E-state index is -4.59. The predicted octanol–water partition coefficient (Wildman–Crippen LogP) is 5.23. The maximum atomic E-state index is 13.2. The zero-order valence-electron chi connectivity index (χ0n) is 22.3. The minimum absolute atomic E-state index is 0.163. The molecule has 212 valence electrons. The van der Waals surface area contributed by atoms with Gasteiger partial charge in [-0.25, -0.2) is 0 Å². The topological polar surface area (TPSA) is 116 Å². The molecule has 0 aliphatic rings. The van der Waals surface area contributed by atoms with E-state index in [2.05, 4.69) is 11.9 Å². The van der Waals surface area contributed by atoms with Crippen molar-refractivity contribution >= 4 is 17.5 Å². The molecule has 1 amide bonds. The molecule has 2 atom stereocenters. The van der Waals surface area contributed by atoms with Gasteiger partial charge < -0.3 is 27.3 Å². The van der Waals surface area contributed by atoms with Crippen LogP contribution in [0.2, 0.25) is 5.02 Å². The van der Waals surface area contributed by atoms with Crippen molar-refractivity contribution in [1.82, 2.24) is 5.32 Å². The Hall–Kier alpha value is -3.27. The Kier molecular flexibility index (Phi) is 11.2. The van der Waals surface area contributed by atoms with Crippen molar-refractivity contribution in [3.8, 4) is 0 Å². The first-order chi connectivity index (χ1) is 18.1. The van der Waals surface area contributed by atoms with Crippen LogP contribution in [0, 0.1) is 0 Å². The van der Waals surface area contributed by atoms with Gasteiger partial charge in [-0.2, -0.15) is 13.2 Å². The lowest BCUT2D eigenvalue weighted by Crippen LogP contribution is -2.49. The molecule has 0 fully saturated rings. The van der Waals surface area contributed by atoms with E-state index in [0.29, 0.717) is 23.9 Å². The summed E-state index contributed by atoms with van der Waals surface area (Å²) in [5, 5.41) is 3.53. The molecule has 2 aromatic rings. The number of alkyl halides is 3. The van der Waals surface area contributed by atoms with Crippen molar-refractivity contribution in [1.29, 1.82) is 0 Å². The van der Waals surface area contributed by atoms with Gasteiger partial charge in [0.15, 0.2) is 11.5 Å². The molecule has 0 aromatic heterocycles. The quantitative estimate of drug-likeness (QED) is 0.160. The lowest BCUT2D eigenvalue weighted by molar-refractivity contribution is -0.139. The second kappa shape index (κ2) is 13.7. The molecule has 2 aromatic carbocycles. The van der Waals surface area contributed by atoms with Gasteiger partial charge in [-0.3, -0.25) is 4.79 Å². The molecule has 0 saturated carbocycles. The Labute approximate surface area is 232 Å². The number of hydrogen-bond donors (Lipinski definition) is 4. The van der Waals surface area contributed by atoms with Crippen molar-refractivity contribution in [2.24, 2.45) is 17.2 Å². The highest BCUT2D eigenvalue weighted by Crippen LogP contribution is 2.29. The number of hydrogen-bond acceptors (Lipinski definition) is 5. The van der Waals surface area contributed by atoms with E-state index in [1.54, 1.807) is 6.07 Å². The van der Waals surface area contributed by atoms with Crippen LogP contribution >= 0.6 is 11.6 Å². The average molecular weight is 565 g/mol. The Morgan fingerprint density at radius 3 is 2.18 bits per heavy atom. The fourth-order valence-electron chi connectivity index (χ4n) is 3.96. The van der Waals surface area contributed by atoms with E-state index in [9.17, 15) is 18.0 Å². The lowest BCUT2D eigenvalue weighted by atomic mass is 9.86. The predicted molar refractivity (Wildman–Crippen MR) is 150 cm³/mol. The Morgan fingerprint density at radius 1 is 1.08 bits per heavy atom. The van der Waals surface area contributed by atoms with E-state index < -0.39 is 29.4 Å². The standard InChI is InChI=1S/C29H36ClF3N4O2/c1-5-22(29(31,32)33)13-14-26(36)39-28(3,4)27(38)37-18(2)24(21-7-6-8-23(30)17-21)15-19-9-11-20(12-10-19)16-25(34)35/h5-14,17-18,24-25H,1,15-16,34-36H2,2-4H3,(H,37,38)/b22-13+,26-14+. The number of ether oxygens (including phenoxy) is 1. The van der Waals surface area contributed by atoms with E-state index in [0.717, 1.165) is 28.8 Å². The minimum Gasteiger partial charge on any atom is -0.464 e. The normalized spacial score (nSPS) is 14.6. The fourth-order valence-corrected chi connectivity index (χ4v) is 4.16. The van der Waals surface area contributed by atoms with Crippen LogP contribution in [-0.4, -0.2) is 29.9 Å². The molecule has 39 heavy (non-hydrogen) atoms. The van der Waals surface area contributed by atoms with Crippen LogP contribution in [0.1, 0.15) is 43.4 Å². The third-order valence-corrected chi connectivity index (χ3v) is 6.32. The van der Waals surface area contributed by atoms with Crippen LogP contribution < -0.4 is 22.5 Å². The summed E-state index contributed by atoms with van der Waals surface area (Å²) in [7, 11) is 0. The molecule has 0 aliphatic carbocycles. The third-order valence-electron chi connectivity index (χ3n) is 6.08. The van der Waals surface area contributed by atoms with Gasteiger partial charge in [0.05, 0.1) is 11.7 Å². The SMILES string of the molecule is C=C/C(=C\C=C(/N)OC(C)(C)C(=O)NC(C)C(Cc1ccc(CC(N)N)cc1)c1cccc(Cl)c1)C(F)(F)F. The summed E-state index contributed by atoms with van der Waals surface area (Å²) >= 11 is 6.26. The largest absolute Gasteiger partial charge is 0.464 e. The van der Waals surface area contributed by atoms with Crippen molar-refractivity contribution in [3.63, 3.8) is 0 Å². The molecule has 2 rings (SSSR count). The van der Waals surface area contributed by atoms with Crippen LogP contribution in [0.25, 0.3) is 0 Å². The first-order valence-electron chi connectivity index (χ1n) is 12.3. The molecule has 0 bridgehead atoms. The van der Waals surface area contributed by atoms with Crippen LogP contribution in [0.15, 0.2) is 84.8 Å². The molecule has 10 heteroatoms. The number of nitrogens with two attached hydrogens (primary N) is 3. The number of carbonyl (C=O) groups is 1. The summed E-state index contributed by atoms with van der Waals surface area (Å²) in [6, 6.07) is 15.0. The monoisotopic (exact) mass is 564 g/mol. The van der Waals surface area contributed by atoms with Gasteiger partial charge in [-0.1, -0.05) is 60.7 Å². The highest BCUT2D eigenvalue weighted by Gasteiger charge is 2.34. The van der Waals surface area contributed by atoms with Crippen LogP contribution in [0.5, 0.6) is 0 Å². The average Bonchev–Trinajstić information content (AvgIpc) is 2.82. The highest BCUT2D eigenvalue weighted by atomic mass is 35.5.